The van der Waals surface area contributed by atoms with Gasteiger partial charge in [0, 0.05) is 0 Å². The van der Waals surface area contributed by atoms with Crippen LogP contribution in [0.15, 0.2) is 24.3 Å². The first kappa shape index (κ1) is 27.0. The summed E-state index contributed by atoms with van der Waals surface area (Å²) in [5.41, 5.74) is 0.152. The molecule has 170 valence electrons. The van der Waals surface area contributed by atoms with Crippen LogP contribution in [-0.2, 0) is 27.2 Å². The molecular weight excluding hydrogens is 424 g/mol. The minimum absolute atomic E-state index is 0.175. The number of rotatable bonds is 12. The van der Waals surface area contributed by atoms with Crippen LogP contribution < -0.4 is 0 Å². The van der Waals surface area contributed by atoms with Crippen LogP contribution >= 0.6 is 15.2 Å². The van der Waals surface area contributed by atoms with E-state index in [0.717, 1.165) is 0 Å². The first-order valence-corrected chi connectivity index (χ1v) is 13.6. The zero-order valence-electron chi connectivity index (χ0n) is 19.2. The van der Waals surface area contributed by atoms with Gasteiger partial charge in [0.15, 0.2) is 0 Å². The maximum atomic E-state index is 14.0. The Morgan fingerprint density at radius 2 is 1.17 bits per heavy atom. The standard InChI is InChI=1S/C21H35NO6P2/c1-15(2)25-29(23,26-16(3)4)14-21(20-11-9-19(13-22)10-12-20)30(24,27-17(5)6)28-18(7)8/h9-12,15-18,21H,14H2,1-8H3. The summed E-state index contributed by atoms with van der Waals surface area (Å²) >= 11 is 0. The van der Waals surface area contributed by atoms with Crippen molar-refractivity contribution < 1.29 is 27.2 Å². The molecule has 0 N–H and O–H groups in total. The lowest BCUT2D eigenvalue weighted by molar-refractivity contribution is 0.129. The van der Waals surface area contributed by atoms with Gasteiger partial charge in [0.05, 0.1) is 47.9 Å². The molecule has 1 atom stereocenters. The molecule has 0 fully saturated rings. The predicted molar refractivity (Wildman–Crippen MR) is 119 cm³/mol. The summed E-state index contributed by atoms with van der Waals surface area (Å²) in [6.07, 6.45) is -1.65. The molecule has 1 aromatic carbocycles. The van der Waals surface area contributed by atoms with Crippen molar-refractivity contribution in [2.45, 2.75) is 85.5 Å². The van der Waals surface area contributed by atoms with Crippen molar-refractivity contribution in [1.82, 2.24) is 0 Å². The molecule has 0 aromatic heterocycles. The summed E-state index contributed by atoms with van der Waals surface area (Å²) in [6.45, 7) is 14.1. The number of nitriles is 1. The van der Waals surface area contributed by atoms with Gasteiger partial charge in [0.1, 0.15) is 0 Å². The zero-order valence-corrected chi connectivity index (χ0v) is 21.0. The highest BCUT2D eigenvalue weighted by atomic mass is 31.2. The van der Waals surface area contributed by atoms with Gasteiger partial charge in [-0.3, -0.25) is 9.13 Å². The lowest BCUT2D eigenvalue weighted by atomic mass is 10.1. The number of hydrogen-bond acceptors (Lipinski definition) is 7. The van der Waals surface area contributed by atoms with Crippen LogP contribution in [-0.4, -0.2) is 30.6 Å². The average Bonchev–Trinajstić information content (AvgIpc) is 2.57. The minimum atomic E-state index is -3.79. The van der Waals surface area contributed by atoms with Crippen molar-refractivity contribution in [3.8, 4) is 6.07 Å². The molecule has 7 nitrogen and oxygen atoms in total. The SMILES string of the molecule is CC(C)OP(=O)(CC(c1ccc(C#N)cc1)P(=O)(OC(C)C)OC(C)C)OC(C)C. The molecule has 0 aliphatic rings. The molecule has 0 bridgehead atoms. The first-order chi connectivity index (χ1) is 13.8. The minimum Gasteiger partial charge on any atom is -0.306 e. The Morgan fingerprint density at radius 1 is 0.767 bits per heavy atom. The van der Waals surface area contributed by atoms with E-state index in [1.807, 2.05) is 0 Å². The van der Waals surface area contributed by atoms with Gasteiger partial charge < -0.3 is 18.1 Å². The third kappa shape index (κ3) is 8.63. The second-order valence-corrected chi connectivity index (χ2v) is 12.3. The molecule has 0 aliphatic heterocycles. The largest absolute Gasteiger partial charge is 0.339 e. The lowest BCUT2D eigenvalue weighted by Crippen LogP contribution is -2.19. The summed E-state index contributed by atoms with van der Waals surface area (Å²) in [7, 11) is -7.44. The third-order valence-electron chi connectivity index (χ3n) is 3.66. The Kier molecular flexibility index (Phi) is 10.4. The fourth-order valence-corrected chi connectivity index (χ4v) is 8.49. The zero-order chi connectivity index (χ0) is 23.1. The van der Waals surface area contributed by atoms with Crippen LogP contribution in [0.4, 0.5) is 0 Å². The van der Waals surface area contributed by atoms with Gasteiger partial charge in [-0.1, -0.05) is 12.1 Å². The van der Waals surface area contributed by atoms with Crippen molar-refractivity contribution in [1.29, 1.82) is 5.26 Å². The van der Waals surface area contributed by atoms with Crippen LogP contribution in [0.3, 0.4) is 0 Å². The number of nitrogens with zero attached hydrogens (tertiary/aromatic N) is 1. The predicted octanol–water partition coefficient (Wildman–Crippen LogP) is 6.69. The maximum Gasteiger partial charge on any atom is 0.339 e. The van der Waals surface area contributed by atoms with E-state index >= 15 is 0 Å². The highest BCUT2D eigenvalue weighted by molar-refractivity contribution is 7.58. The Bertz CT molecular complexity index is 771. The lowest BCUT2D eigenvalue weighted by Gasteiger charge is -2.33. The van der Waals surface area contributed by atoms with Crippen molar-refractivity contribution in [2.75, 3.05) is 6.16 Å². The van der Waals surface area contributed by atoms with E-state index in [1.165, 1.54) is 0 Å². The van der Waals surface area contributed by atoms with Crippen LogP contribution in [0.1, 0.15) is 72.2 Å². The quantitative estimate of drug-likeness (QED) is 0.322. The number of benzene rings is 1. The molecule has 0 saturated carbocycles. The van der Waals surface area contributed by atoms with Crippen molar-refractivity contribution in [3.05, 3.63) is 35.4 Å². The van der Waals surface area contributed by atoms with Crippen molar-refractivity contribution in [2.24, 2.45) is 0 Å². The fraction of sp³-hybridized carbons (Fsp3) is 0.667. The molecular formula is C21H35NO6P2. The van der Waals surface area contributed by atoms with Gasteiger partial charge >= 0.3 is 15.2 Å². The molecule has 1 rings (SSSR count). The van der Waals surface area contributed by atoms with E-state index in [4.69, 9.17) is 23.4 Å². The van der Waals surface area contributed by atoms with Gasteiger partial charge in [-0.05, 0) is 73.1 Å². The smallest absolute Gasteiger partial charge is 0.306 e. The summed E-state index contributed by atoms with van der Waals surface area (Å²) in [6, 6.07) is 8.66. The Hall–Kier alpha value is -0.990. The normalized spacial score (nSPS) is 14.0. The molecule has 1 aromatic rings. The average molecular weight is 459 g/mol. The Morgan fingerprint density at radius 3 is 1.50 bits per heavy atom. The second kappa shape index (κ2) is 11.6. The molecule has 0 spiro atoms. The van der Waals surface area contributed by atoms with Gasteiger partial charge in [0.25, 0.3) is 0 Å². The van der Waals surface area contributed by atoms with Crippen LogP contribution in [0.5, 0.6) is 0 Å². The van der Waals surface area contributed by atoms with E-state index in [2.05, 4.69) is 6.07 Å². The Balaban J connectivity index is 3.55. The molecule has 0 saturated heterocycles. The van der Waals surface area contributed by atoms with Crippen LogP contribution in [0.2, 0.25) is 0 Å². The van der Waals surface area contributed by atoms with Gasteiger partial charge in [0.2, 0.25) is 0 Å². The summed E-state index contributed by atoms with van der Waals surface area (Å²) in [5, 5.41) is 9.11. The highest BCUT2D eigenvalue weighted by Gasteiger charge is 2.45. The summed E-state index contributed by atoms with van der Waals surface area (Å²) in [5.74, 6) is 0. The van der Waals surface area contributed by atoms with E-state index in [9.17, 15) is 9.13 Å². The monoisotopic (exact) mass is 459 g/mol. The molecule has 0 aliphatic carbocycles. The molecule has 30 heavy (non-hydrogen) atoms. The van der Waals surface area contributed by atoms with E-state index < -0.39 is 20.9 Å². The van der Waals surface area contributed by atoms with E-state index in [1.54, 1.807) is 79.7 Å². The summed E-state index contributed by atoms with van der Waals surface area (Å²) in [4.78, 5) is 0. The summed E-state index contributed by atoms with van der Waals surface area (Å²) < 4.78 is 50.7. The molecule has 0 amide bonds. The second-order valence-electron chi connectivity index (χ2n) is 8.20. The van der Waals surface area contributed by atoms with Crippen molar-refractivity contribution >= 4 is 15.2 Å². The Labute approximate surface area is 181 Å². The van der Waals surface area contributed by atoms with Gasteiger partial charge in [-0.2, -0.15) is 5.26 Å². The van der Waals surface area contributed by atoms with Crippen molar-refractivity contribution in [3.63, 3.8) is 0 Å². The van der Waals surface area contributed by atoms with Crippen LogP contribution in [0.25, 0.3) is 0 Å². The highest BCUT2D eigenvalue weighted by Crippen LogP contribution is 2.68. The molecule has 9 heteroatoms. The number of hydrogen-bond donors (Lipinski definition) is 0. The first-order valence-electron chi connectivity index (χ1n) is 10.2. The molecule has 1 unspecified atom stereocenters. The fourth-order valence-electron chi connectivity index (χ4n) is 2.89. The van der Waals surface area contributed by atoms with Crippen LogP contribution in [0, 0.1) is 11.3 Å². The van der Waals surface area contributed by atoms with Gasteiger partial charge in [-0.25, -0.2) is 0 Å². The topological polar surface area (TPSA) is 94.9 Å². The maximum absolute atomic E-state index is 14.0. The molecule has 0 heterocycles. The third-order valence-corrected chi connectivity index (χ3v) is 8.92. The van der Waals surface area contributed by atoms with E-state index in [0.29, 0.717) is 11.1 Å². The van der Waals surface area contributed by atoms with E-state index in [-0.39, 0.29) is 30.6 Å². The van der Waals surface area contributed by atoms with Gasteiger partial charge in [-0.15, -0.1) is 0 Å². The molecule has 0 radical (unpaired) electrons.